The lowest BCUT2D eigenvalue weighted by atomic mass is 10.2. The van der Waals surface area contributed by atoms with E-state index in [1.54, 1.807) is 14.2 Å². The molecule has 0 radical (unpaired) electrons. The van der Waals surface area contributed by atoms with E-state index in [1.165, 1.54) is 0 Å². The van der Waals surface area contributed by atoms with E-state index in [0.717, 1.165) is 34.1 Å². The number of carbonyl (C=O) groups excluding carboxylic acids is 1. The molecule has 0 aliphatic heterocycles. The molecular formula is C26H27N7O3. The molecule has 3 aromatic carbocycles. The van der Waals surface area contributed by atoms with Gasteiger partial charge in [0.25, 0.3) is 0 Å². The van der Waals surface area contributed by atoms with Crippen molar-refractivity contribution in [3.05, 3.63) is 78.4 Å². The Hall–Kier alpha value is -4.86. The summed E-state index contributed by atoms with van der Waals surface area (Å²) in [6, 6.07) is 22.3. The third-order valence-electron chi connectivity index (χ3n) is 5.15. The maximum atomic E-state index is 12.5. The first-order chi connectivity index (χ1) is 17.5. The molecule has 184 valence electrons. The van der Waals surface area contributed by atoms with Gasteiger partial charge in [0.05, 0.1) is 20.8 Å². The van der Waals surface area contributed by atoms with Gasteiger partial charge in [-0.3, -0.25) is 4.79 Å². The van der Waals surface area contributed by atoms with Crippen LogP contribution >= 0.6 is 0 Å². The molecule has 1 aromatic heterocycles. The van der Waals surface area contributed by atoms with Crippen LogP contribution in [0.2, 0.25) is 0 Å². The predicted molar refractivity (Wildman–Crippen MR) is 141 cm³/mol. The molecule has 0 atom stereocenters. The van der Waals surface area contributed by atoms with E-state index >= 15 is 0 Å². The molecule has 0 aliphatic rings. The molecule has 36 heavy (non-hydrogen) atoms. The Morgan fingerprint density at radius 2 is 1.22 bits per heavy atom. The third kappa shape index (κ3) is 6.60. The summed E-state index contributed by atoms with van der Waals surface area (Å²) in [6.45, 7) is 1.91. The van der Waals surface area contributed by atoms with E-state index in [9.17, 15) is 4.79 Å². The third-order valence-corrected chi connectivity index (χ3v) is 5.15. The smallest absolute Gasteiger partial charge is 0.243 e. The van der Waals surface area contributed by atoms with Crippen LogP contribution in [-0.4, -0.2) is 41.6 Å². The molecule has 0 unspecified atom stereocenters. The van der Waals surface area contributed by atoms with Crippen LogP contribution in [-0.2, 0) is 4.79 Å². The lowest BCUT2D eigenvalue weighted by Crippen LogP contribution is -2.23. The summed E-state index contributed by atoms with van der Waals surface area (Å²) in [4.78, 5) is 25.8. The lowest BCUT2D eigenvalue weighted by molar-refractivity contribution is -0.114. The van der Waals surface area contributed by atoms with E-state index in [-0.39, 0.29) is 18.4 Å². The summed E-state index contributed by atoms with van der Waals surface area (Å²) < 4.78 is 10.4. The maximum Gasteiger partial charge on any atom is 0.243 e. The number of benzene rings is 3. The molecular weight excluding hydrogens is 458 g/mol. The average Bonchev–Trinajstić information content (AvgIpc) is 2.90. The SMILES string of the molecule is COc1ccc(Nc2nc(NCC(=O)Nc3ccccc3C)nc(Nc3ccc(OC)cc3)n2)cc1. The zero-order valence-electron chi connectivity index (χ0n) is 20.2. The number of amides is 1. The van der Waals surface area contributed by atoms with Crippen molar-refractivity contribution >= 4 is 40.8 Å². The van der Waals surface area contributed by atoms with Crippen molar-refractivity contribution in [1.82, 2.24) is 15.0 Å². The van der Waals surface area contributed by atoms with Gasteiger partial charge in [-0.1, -0.05) is 18.2 Å². The minimum atomic E-state index is -0.223. The first-order valence-electron chi connectivity index (χ1n) is 11.2. The number of aromatic nitrogens is 3. The zero-order valence-corrected chi connectivity index (χ0v) is 20.2. The Labute approximate surface area is 209 Å². The second kappa shape index (κ2) is 11.5. The van der Waals surface area contributed by atoms with Crippen LogP contribution in [0.3, 0.4) is 0 Å². The molecule has 0 saturated heterocycles. The van der Waals surface area contributed by atoms with Gasteiger partial charge in [-0.2, -0.15) is 15.0 Å². The molecule has 0 fully saturated rings. The number of carbonyl (C=O) groups is 1. The molecule has 1 amide bonds. The second-order valence-electron chi connectivity index (χ2n) is 7.73. The summed E-state index contributed by atoms with van der Waals surface area (Å²) in [5.41, 5.74) is 3.26. The van der Waals surface area contributed by atoms with Crippen molar-refractivity contribution in [3.63, 3.8) is 0 Å². The van der Waals surface area contributed by atoms with Gasteiger partial charge >= 0.3 is 0 Å². The lowest BCUT2D eigenvalue weighted by Gasteiger charge is -2.12. The van der Waals surface area contributed by atoms with Gasteiger partial charge in [0, 0.05) is 17.1 Å². The zero-order chi connectivity index (χ0) is 25.3. The Morgan fingerprint density at radius 3 is 1.72 bits per heavy atom. The fourth-order valence-electron chi connectivity index (χ4n) is 3.24. The standard InChI is InChI=1S/C26H27N7O3/c1-17-6-4-5-7-22(17)30-23(34)16-27-24-31-25(28-18-8-12-20(35-2)13-9-18)33-26(32-24)29-19-10-14-21(36-3)15-11-19/h4-15H,16H2,1-3H3,(H,30,34)(H3,27,28,29,31,32,33). The van der Waals surface area contributed by atoms with Crippen molar-refractivity contribution in [2.24, 2.45) is 0 Å². The van der Waals surface area contributed by atoms with Crippen LogP contribution in [0, 0.1) is 6.92 Å². The van der Waals surface area contributed by atoms with Gasteiger partial charge in [-0.05, 0) is 67.1 Å². The van der Waals surface area contributed by atoms with Crippen LogP contribution in [0.4, 0.5) is 34.9 Å². The number of ether oxygens (including phenoxy) is 2. The van der Waals surface area contributed by atoms with Crippen LogP contribution in [0.5, 0.6) is 11.5 Å². The number of aryl methyl sites for hydroxylation is 1. The number of nitrogens with one attached hydrogen (secondary N) is 4. The van der Waals surface area contributed by atoms with Gasteiger partial charge in [-0.25, -0.2) is 0 Å². The van der Waals surface area contributed by atoms with Gasteiger partial charge in [0.2, 0.25) is 23.8 Å². The van der Waals surface area contributed by atoms with E-state index in [0.29, 0.717) is 11.9 Å². The molecule has 4 rings (SSSR count). The molecule has 0 bridgehead atoms. The highest BCUT2D eigenvalue weighted by atomic mass is 16.5. The highest BCUT2D eigenvalue weighted by Crippen LogP contribution is 2.22. The summed E-state index contributed by atoms with van der Waals surface area (Å²) in [5, 5.41) is 12.2. The van der Waals surface area contributed by atoms with Crippen molar-refractivity contribution in [2.75, 3.05) is 42.0 Å². The molecule has 0 saturated carbocycles. The normalized spacial score (nSPS) is 10.3. The predicted octanol–water partition coefficient (Wildman–Crippen LogP) is 4.74. The van der Waals surface area contributed by atoms with E-state index in [4.69, 9.17) is 9.47 Å². The molecule has 4 aromatic rings. The van der Waals surface area contributed by atoms with Crippen LogP contribution in [0.25, 0.3) is 0 Å². The first kappa shape index (κ1) is 24.3. The Bertz CT molecular complexity index is 1240. The fourth-order valence-corrected chi connectivity index (χ4v) is 3.24. The van der Waals surface area contributed by atoms with Gasteiger partial charge in [-0.15, -0.1) is 0 Å². The Kier molecular flexibility index (Phi) is 7.76. The molecule has 4 N–H and O–H groups in total. The summed E-state index contributed by atoms with van der Waals surface area (Å²) in [6.07, 6.45) is 0. The first-order valence-corrected chi connectivity index (χ1v) is 11.2. The fraction of sp³-hybridized carbons (Fsp3) is 0.154. The quantitative estimate of drug-likeness (QED) is 0.252. The number of para-hydroxylation sites is 1. The summed E-state index contributed by atoms with van der Waals surface area (Å²) in [5.74, 6) is 2.08. The van der Waals surface area contributed by atoms with Crippen LogP contribution in [0.15, 0.2) is 72.8 Å². The van der Waals surface area contributed by atoms with E-state index < -0.39 is 0 Å². The average molecular weight is 486 g/mol. The van der Waals surface area contributed by atoms with Crippen molar-refractivity contribution in [2.45, 2.75) is 6.92 Å². The molecule has 10 nitrogen and oxygen atoms in total. The molecule has 1 heterocycles. The molecule has 0 aliphatic carbocycles. The van der Waals surface area contributed by atoms with Gasteiger partial charge < -0.3 is 30.7 Å². The number of nitrogens with zero attached hydrogens (tertiary/aromatic N) is 3. The van der Waals surface area contributed by atoms with Crippen molar-refractivity contribution in [3.8, 4) is 11.5 Å². The summed E-state index contributed by atoms with van der Waals surface area (Å²) >= 11 is 0. The minimum absolute atomic E-state index is 0.0255. The topological polar surface area (TPSA) is 122 Å². The Balaban J connectivity index is 1.52. The number of hydrogen-bond donors (Lipinski definition) is 4. The Morgan fingerprint density at radius 1 is 0.722 bits per heavy atom. The summed E-state index contributed by atoms with van der Waals surface area (Å²) in [7, 11) is 3.22. The number of rotatable bonds is 10. The maximum absolute atomic E-state index is 12.5. The molecule has 10 heteroatoms. The largest absolute Gasteiger partial charge is 0.497 e. The number of methoxy groups -OCH3 is 2. The van der Waals surface area contributed by atoms with Crippen LogP contribution in [0.1, 0.15) is 5.56 Å². The monoisotopic (exact) mass is 485 g/mol. The van der Waals surface area contributed by atoms with E-state index in [2.05, 4.69) is 36.2 Å². The number of hydrogen-bond acceptors (Lipinski definition) is 9. The van der Waals surface area contributed by atoms with Gasteiger partial charge in [0.1, 0.15) is 11.5 Å². The molecule has 0 spiro atoms. The second-order valence-corrected chi connectivity index (χ2v) is 7.73. The van der Waals surface area contributed by atoms with Crippen molar-refractivity contribution in [1.29, 1.82) is 0 Å². The van der Waals surface area contributed by atoms with E-state index in [1.807, 2.05) is 79.7 Å². The highest BCUT2D eigenvalue weighted by Gasteiger charge is 2.10. The van der Waals surface area contributed by atoms with Gasteiger partial charge in [0.15, 0.2) is 0 Å². The van der Waals surface area contributed by atoms with Crippen molar-refractivity contribution < 1.29 is 14.3 Å². The minimum Gasteiger partial charge on any atom is -0.497 e. The highest BCUT2D eigenvalue weighted by molar-refractivity contribution is 5.94. The van der Waals surface area contributed by atoms with Crippen LogP contribution < -0.4 is 30.7 Å². The number of anilines is 6.